The van der Waals surface area contributed by atoms with Crippen LogP contribution in [0.3, 0.4) is 0 Å². The van der Waals surface area contributed by atoms with Crippen LogP contribution < -0.4 is 20.1 Å². The minimum Gasteiger partial charge on any atom is -0.497 e. The van der Waals surface area contributed by atoms with Gasteiger partial charge in [-0.15, -0.1) is 11.3 Å². The van der Waals surface area contributed by atoms with Crippen LogP contribution in [-0.4, -0.2) is 24.6 Å². The van der Waals surface area contributed by atoms with Crippen molar-refractivity contribution in [1.29, 1.82) is 0 Å². The highest BCUT2D eigenvalue weighted by atomic mass is 32.1. The molecule has 0 atom stereocenters. The summed E-state index contributed by atoms with van der Waals surface area (Å²) in [6.45, 7) is 2.99. The molecule has 1 heterocycles. The molecule has 0 fully saturated rings. The number of thiazole rings is 1. The predicted molar refractivity (Wildman–Crippen MR) is 107 cm³/mol. The summed E-state index contributed by atoms with van der Waals surface area (Å²) in [4.78, 5) is 16.7. The molecule has 0 radical (unpaired) electrons. The molecule has 27 heavy (non-hydrogen) atoms. The first-order valence-corrected chi connectivity index (χ1v) is 9.42. The molecule has 2 N–H and O–H groups in total. The van der Waals surface area contributed by atoms with Crippen molar-refractivity contribution in [2.24, 2.45) is 0 Å². The van der Waals surface area contributed by atoms with E-state index in [0.717, 1.165) is 22.7 Å². The van der Waals surface area contributed by atoms with Crippen molar-refractivity contribution in [3.05, 3.63) is 65.2 Å². The number of rotatable bonds is 8. The number of nitrogens with zero attached hydrogens (tertiary/aromatic N) is 1. The Bertz CT molecular complexity index is 893. The molecule has 0 aliphatic heterocycles. The van der Waals surface area contributed by atoms with E-state index in [-0.39, 0.29) is 5.91 Å². The highest BCUT2D eigenvalue weighted by Gasteiger charge is 2.11. The number of amides is 1. The molecule has 7 heteroatoms. The molecule has 0 unspecified atom stereocenters. The quantitative estimate of drug-likeness (QED) is 0.609. The molecular formula is C20H21N3O3S. The predicted octanol–water partition coefficient (Wildman–Crippen LogP) is 4.22. The summed E-state index contributed by atoms with van der Waals surface area (Å²) < 4.78 is 10.6. The summed E-state index contributed by atoms with van der Waals surface area (Å²) >= 11 is 1.38. The smallest absolute Gasteiger partial charge is 0.271 e. The van der Waals surface area contributed by atoms with Crippen molar-refractivity contribution in [2.45, 2.75) is 13.5 Å². The molecule has 0 aliphatic carbocycles. The number of nitrogens with one attached hydrogen (secondary N) is 2. The number of aromatic nitrogens is 1. The molecule has 6 nitrogen and oxygen atoms in total. The topological polar surface area (TPSA) is 72.5 Å². The van der Waals surface area contributed by atoms with Gasteiger partial charge in [-0.25, -0.2) is 4.98 Å². The monoisotopic (exact) mass is 383 g/mol. The van der Waals surface area contributed by atoms with E-state index in [0.29, 0.717) is 24.0 Å². The summed E-state index contributed by atoms with van der Waals surface area (Å²) in [5, 5.41) is 8.46. The zero-order valence-corrected chi connectivity index (χ0v) is 16.0. The molecule has 1 aromatic heterocycles. The molecule has 0 saturated carbocycles. The Morgan fingerprint density at radius 2 is 1.96 bits per heavy atom. The fourth-order valence-electron chi connectivity index (χ4n) is 2.42. The lowest BCUT2D eigenvalue weighted by molar-refractivity contribution is 0.0946. The van der Waals surface area contributed by atoms with Gasteiger partial charge in [0, 0.05) is 17.6 Å². The first kappa shape index (κ1) is 18.7. The van der Waals surface area contributed by atoms with Gasteiger partial charge in [0.2, 0.25) is 0 Å². The molecule has 0 aliphatic rings. The maximum Gasteiger partial charge on any atom is 0.271 e. The van der Waals surface area contributed by atoms with Crippen LogP contribution >= 0.6 is 11.3 Å². The summed E-state index contributed by atoms with van der Waals surface area (Å²) in [6, 6.07) is 15.2. The SMILES string of the molecule is CCOc1ccc(Nc2nc(C(=O)NCc3cccc(OC)c3)cs2)cc1. The van der Waals surface area contributed by atoms with E-state index < -0.39 is 0 Å². The van der Waals surface area contributed by atoms with Gasteiger partial charge in [0.25, 0.3) is 5.91 Å². The molecule has 3 aromatic rings. The number of ether oxygens (including phenoxy) is 2. The van der Waals surface area contributed by atoms with Gasteiger partial charge in [-0.1, -0.05) is 12.1 Å². The van der Waals surface area contributed by atoms with Crippen LogP contribution in [0.2, 0.25) is 0 Å². The van der Waals surface area contributed by atoms with Gasteiger partial charge in [0.05, 0.1) is 13.7 Å². The molecule has 0 bridgehead atoms. The van der Waals surface area contributed by atoms with E-state index in [2.05, 4.69) is 15.6 Å². The zero-order chi connectivity index (χ0) is 19.1. The summed E-state index contributed by atoms with van der Waals surface area (Å²) in [7, 11) is 1.62. The second kappa shape index (κ2) is 9.05. The minimum absolute atomic E-state index is 0.214. The Kier molecular flexibility index (Phi) is 6.27. The summed E-state index contributed by atoms with van der Waals surface area (Å²) in [5.74, 6) is 1.37. The van der Waals surface area contributed by atoms with E-state index in [4.69, 9.17) is 9.47 Å². The Balaban J connectivity index is 1.56. The number of carbonyl (C=O) groups is 1. The fraction of sp³-hybridized carbons (Fsp3) is 0.200. The first-order valence-electron chi connectivity index (χ1n) is 8.54. The Hall–Kier alpha value is -3.06. The van der Waals surface area contributed by atoms with Gasteiger partial charge in [-0.3, -0.25) is 4.79 Å². The van der Waals surface area contributed by atoms with Crippen LogP contribution in [0, 0.1) is 0 Å². The standard InChI is InChI=1S/C20H21N3O3S/c1-3-26-16-9-7-15(8-10-16)22-20-23-18(13-27-20)19(24)21-12-14-5-4-6-17(11-14)25-2/h4-11,13H,3,12H2,1-2H3,(H,21,24)(H,22,23). The highest BCUT2D eigenvalue weighted by molar-refractivity contribution is 7.14. The Labute approximate surface area is 162 Å². The lowest BCUT2D eigenvalue weighted by Gasteiger charge is -2.06. The average Bonchev–Trinajstić information content (AvgIpc) is 3.16. The van der Waals surface area contributed by atoms with E-state index in [1.165, 1.54) is 11.3 Å². The first-order chi connectivity index (χ1) is 13.2. The van der Waals surface area contributed by atoms with Crippen molar-refractivity contribution in [2.75, 3.05) is 19.0 Å². The minimum atomic E-state index is -0.214. The van der Waals surface area contributed by atoms with E-state index in [9.17, 15) is 4.79 Å². The van der Waals surface area contributed by atoms with Crippen LogP contribution in [-0.2, 0) is 6.54 Å². The normalized spacial score (nSPS) is 10.3. The summed E-state index contributed by atoms with van der Waals surface area (Å²) in [6.07, 6.45) is 0. The van der Waals surface area contributed by atoms with E-state index in [1.807, 2.05) is 55.5 Å². The van der Waals surface area contributed by atoms with Crippen molar-refractivity contribution in [1.82, 2.24) is 10.3 Å². The van der Waals surface area contributed by atoms with Crippen molar-refractivity contribution in [3.63, 3.8) is 0 Å². The molecule has 3 rings (SSSR count). The van der Waals surface area contributed by atoms with Gasteiger partial charge in [-0.05, 0) is 48.9 Å². The molecule has 2 aromatic carbocycles. The van der Waals surface area contributed by atoms with E-state index in [1.54, 1.807) is 12.5 Å². The van der Waals surface area contributed by atoms with Crippen LogP contribution in [0.15, 0.2) is 53.9 Å². The zero-order valence-electron chi connectivity index (χ0n) is 15.2. The molecule has 1 amide bonds. The van der Waals surface area contributed by atoms with Gasteiger partial charge in [-0.2, -0.15) is 0 Å². The number of benzene rings is 2. The van der Waals surface area contributed by atoms with Crippen LogP contribution in [0.4, 0.5) is 10.8 Å². The van der Waals surface area contributed by atoms with E-state index >= 15 is 0 Å². The van der Waals surface area contributed by atoms with Crippen LogP contribution in [0.1, 0.15) is 23.0 Å². The number of hydrogen-bond acceptors (Lipinski definition) is 6. The van der Waals surface area contributed by atoms with Crippen molar-refractivity contribution in [3.8, 4) is 11.5 Å². The number of methoxy groups -OCH3 is 1. The third kappa shape index (κ3) is 5.21. The van der Waals surface area contributed by atoms with Crippen LogP contribution in [0.5, 0.6) is 11.5 Å². The van der Waals surface area contributed by atoms with Gasteiger partial charge < -0.3 is 20.1 Å². The Morgan fingerprint density at radius 3 is 2.70 bits per heavy atom. The highest BCUT2D eigenvalue weighted by Crippen LogP contribution is 2.23. The Morgan fingerprint density at radius 1 is 1.15 bits per heavy atom. The summed E-state index contributed by atoms with van der Waals surface area (Å²) in [5.41, 5.74) is 2.23. The molecule has 0 saturated heterocycles. The lowest BCUT2D eigenvalue weighted by Crippen LogP contribution is -2.23. The van der Waals surface area contributed by atoms with Crippen molar-refractivity contribution >= 4 is 28.1 Å². The van der Waals surface area contributed by atoms with Gasteiger partial charge in [0.1, 0.15) is 17.2 Å². The van der Waals surface area contributed by atoms with Gasteiger partial charge >= 0.3 is 0 Å². The number of anilines is 2. The van der Waals surface area contributed by atoms with Gasteiger partial charge in [0.15, 0.2) is 5.13 Å². The lowest BCUT2D eigenvalue weighted by atomic mass is 10.2. The third-order valence-electron chi connectivity index (χ3n) is 3.74. The largest absolute Gasteiger partial charge is 0.497 e. The van der Waals surface area contributed by atoms with Crippen LogP contribution in [0.25, 0.3) is 0 Å². The second-order valence-corrected chi connectivity index (χ2v) is 6.51. The number of hydrogen-bond donors (Lipinski definition) is 2. The molecule has 140 valence electrons. The van der Waals surface area contributed by atoms with Crippen molar-refractivity contribution < 1.29 is 14.3 Å². The maximum atomic E-state index is 12.3. The third-order valence-corrected chi connectivity index (χ3v) is 4.50. The maximum absolute atomic E-state index is 12.3. The fourth-order valence-corrected chi connectivity index (χ4v) is 3.13. The average molecular weight is 383 g/mol. The second-order valence-electron chi connectivity index (χ2n) is 5.65. The molecule has 0 spiro atoms. The molecular weight excluding hydrogens is 362 g/mol. The number of carbonyl (C=O) groups excluding carboxylic acids is 1.